The highest BCUT2D eigenvalue weighted by Crippen LogP contribution is 2.31. The molecule has 0 aliphatic carbocycles. The summed E-state index contributed by atoms with van der Waals surface area (Å²) in [4.78, 5) is 17.4. The van der Waals surface area contributed by atoms with Crippen molar-refractivity contribution in [3.63, 3.8) is 0 Å². The molecule has 0 spiro atoms. The van der Waals surface area contributed by atoms with E-state index in [2.05, 4.69) is 16.4 Å². The van der Waals surface area contributed by atoms with E-state index in [9.17, 15) is 13.2 Å². The molecule has 164 valence electrons. The Morgan fingerprint density at radius 3 is 2.44 bits per heavy atom. The van der Waals surface area contributed by atoms with E-state index in [0.717, 1.165) is 25.1 Å². The number of sulfonamides is 1. The molecule has 6 nitrogen and oxygen atoms in total. The molecule has 0 atom stereocenters. The monoisotopic (exact) mass is 485 g/mol. The Labute approximate surface area is 195 Å². The molecule has 1 N–H and O–H groups in total. The fraction of sp³-hybridized carbons (Fsp3) is 0.130. The Hall–Kier alpha value is -2.78. The van der Waals surface area contributed by atoms with Crippen molar-refractivity contribution >= 4 is 54.8 Å². The molecule has 4 aromatic rings. The first kappa shape index (κ1) is 22.4. The maximum absolute atomic E-state index is 12.8. The van der Waals surface area contributed by atoms with Gasteiger partial charge in [-0.15, -0.1) is 11.3 Å². The quantitative estimate of drug-likeness (QED) is 0.409. The highest BCUT2D eigenvalue weighted by Gasteiger charge is 2.21. The Bertz CT molecular complexity index is 1430. The van der Waals surface area contributed by atoms with Crippen LogP contribution in [0.25, 0.3) is 20.8 Å². The Kier molecular flexibility index (Phi) is 6.05. The van der Waals surface area contributed by atoms with E-state index in [1.54, 1.807) is 23.5 Å². The molecule has 4 rings (SSSR count). The van der Waals surface area contributed by atoms with Gasteiger partial charge in [-0.3, -0.25) is 4.79 Å². The molecule has 0 saturated heterocycles. The van der Waals surface area contributed by atoms with E-state index in [1.807, 2.05) is 31.2 Å². The molecule has 9 heteroatoms. The standard InChI is InChI=1S/C23H20ClN3O3S2/c1-14-4-11-20-21(12-14)31-23(26-20)15-5-7-16(8-6-15)25-22(28)18-13-17(9-10-19(18)24)32(29,30)27(2)3/h4-13H,1-3H3,(H,25,28). The molecule has 0 bridgehead atoms. The van der Waals surface area contributed by atoms with Crippen molar-refractivity contribution in [2.75, 3.05) is 19.4 Å². The largest absolute Gasteiger partial charge is 0.322 e. The van der Waals surface area contributed by atoms with Crippen LogP contribution in [0.4, 0.5) is 5.69 Å². The second-order valence-electron chi connectivity index (χ2n) is 7.45. The van der Waals surface area contributed by atoms with Crippen LogP contribution in [0, 0.1) is 6.92 Å². The van der Waals surface area contributed by atoms with E-state index in [4.69, 9.17) is 11.6 Å². The van der Waals surface area contributed by atoms with Crippen LogP contribution >= 0.6 is 22.9 Å². The zero-order chi connectivity index (χ0) is 23.0. The van der Waals surface area contributed by atoms with Crippen LogP contribution in [0.15, 0.2) is 65.6 Å². The Balaban J connectivity index is 1.56. The van der Waals surface area contributed by atoms with E-state index >= 15 is 0 Å². The molecular weight excluding hydrogens is 466 g/mol. The van der Waals surface area contributed by atoms with Crippen molar-refractivity contribution in [3.8, 4) is 10.6 Å². The fourth-order valence-corrected chi connectivity index (χ4v) is 5.30. The van der Waals surface area contributed by atoms with Gasteiger partial charge in [-0.05, 0) is 67.1 Å². The van der Waals surface area contributed by atoms with Crippen molar-refractivity contribution in [2.45, 2.75) is 11.8 Å². The van der Waals surface area contributed by atoms with Crippen molar-refractivity contribution in [3.05, 3.63) is 76.8 Å². The summed E-state index contributed by atoms with van der Waals surface area (Å²) < 4.78 is 27.0. The Morgan fingerprint density at radius 2 is 1.75 bits per heavy atom. The average molecular weight is 486 g/mol. The molecular formula is C23H20ClN3O3S2. The highest BCUT2D eigenvalue weighted by atomic mass is 35.5. The second-order valence-corrected chi connectivity index (χ2v) is 11.0. The minimum Gasteiger partial charge on any atom is -0.322 e. The maximum Gasteiger partial charge on any atom is 0.257 e. The topological polar surface area (TPSA) is 79.4 Å². The minimum atomic E-state index is -3.68. The summed E-state index contributed by atoms with van der Waals surface area (Å²) in [6, 6.07) is 17.5. The number of aryl methyl sites for hydroxylation is 1. The normalized spacial score (nSPS) is 11.8. The van der Waals surface area contributed by atoms with Gasteiger partial charge in [0.2, 0.25) is 10.0 Å². The van der Waals surface area contributed by atoms with Gasteiger partial charge in [-0.25, -0.2) is 17.7 Å². The first-order valence-corrected chi connectivity index (χ1v) is 12.3. The zero-order valence-corrected chi connectivity index (χ0v) is 20.0. The average Bonchev–Trinajstić information content (AvgIpc) is 3.17. The molecule has 1 heterocycles. The third-order valence-electron chi connectivity index (χ3n) is 4.89. The lowest BCUT2D eigenvalue weighted by Crippen LogP contribution is -2.23. The van der Waals surface area contributed by atoms with Crippen molar-refractivity contribution in [2.24, 2.45) is 0 Å². The van der Waals surface area contributed by atoms with E-state index in [-0.39, 0.29) is 15.5 Å². The van der Waals surface area contributed by atoms with Crippen LogP contribution < -0.4 is 5.32 Å². The minimum absolute atomic E-state index is 0.00142. The van der Waals surface area contributed by atoms with Crippen molar-refractivity contribution < 1.29 is 13.2 Å². The van der Waals surface area contributed by atoms with Crippen LogP contribution in [-0.4, -0.2) is 37.7 Å². The van der Waals surface area contributed by atoms with E-state index in [1.165, 1.54) is 37.9 Å². The molecule has 1 amide bonds. The Morgan fingerprint density at radius 1 is 1.03 bits per heavy atom. The summed E-state index contributed by atoms with van der Waals surface area (Å²) in [7, 11) is -0.827. The molecule has 32 heavy (non-hydrogen) atoms. The molecule has 0 radical (unpaired) electrons. The van der Waals surface area contributed by atoms with Gasteiger partial charge in [0, 0.05) is 25.3 Å². The van der Waals surface area contributed by atoms with Crippen LogP contribution in [-0.2, 0) is 10.0 Å². The smallest absolute Gasteiger partial charge is 0.257 e. The number of thiazole rings is 1. The lowest BCUT2D eigenvalue weighted by molar-refractivity contribution is 0.102. The highest BCUT2D eigenvalue weighted by molar-refractivity contribution is 7.89. The molecule has 0 unspecified atom stereocenters. The summed E-state index contributed by atoms with van der Waals surface area (Å²) in [5.41, 5.74) is 3.73. The third kappa shape index (κ3) is 4.40. The number of hydrogen-bond acceptors (Lipinski definition) is 5. The van der Waals surface area contributed by atoms with Gasteiger partial charge in [0.25, 0.3) is 5.91 Å². The van der Waals surface area contributed by atoms with Gasteiger partial charge < -0.3 is 5.32 Å². The van der Waals surface area contributed by atoms with Crippen LogP contribution in [0.2, 0.25) is 5.02 Å². The number of amides is 1. The van der Waals surface area contributed by atoms with Gasteiger partial charge in [-0.1, -0.05) is 17.7 Å². The number of carbonyl (C=O) groups is 1. The maximum atomic E-state index is 12.8. The summed E-state index contributed by atoms with van der Waals surface area (Å²) in [6.45, 7) is 2.05. The summed E-state index contributed by atoms with van der Waals surface area (Å²) in [6.07, 6.45) is 0. The first-order chi connectivity index (χ1) is 15.1. The number of hydrogen-bond donors (Lipinski definition) is 1. The number of anilines is 1. The van der Waals surface area contributed by atoms with Crippen LogP contribution in [0.5, 0.6) is 0 Å². The van der Waals surface area contributed by atoms with E-state index in [0.29, 0.717) is 5.69 Å². The lowest BCUT2D eigenvalue weighted by Gasteiger charge is -2.13. The number of rotatable bonds is 5. The molecule has 3 aromatic carbocycles. The summed E-state index contributed by atoms with van der Waals surface area (Å²) >= 11 is 7.78. The SMILES string of the molecule is Cc1ccc2nc(-c3ccc(NC(=O)c4cc(S(=O)(=O)N(C)C)ccc4Cl)cc3)sc2c1. The van der Waals surface area contributed by atoms with Gasteiger partial charge in [0.05, 0.1) is 25.7 Å². The number of benzene rings is 3. The number of nitrogens with one attached hydrogen (secondary N) is 1. The molecule has 0 fully saturated rings. The predicted molar refractivity (Wildman–Crippen MR) is 130 cm³/mol. The third-order valence-corrected chi connectivity index (χ3v) is 8.10. The molecule has 0 aliphatic heterocycles. The van der Waals surface area contributed by atoms with Gasteiger partial charge in [-0.2, -0.15) is 0 Å². The van der Waals surface area contributed by atoms with Crippen molar-refractivity contribution in [1.29, 1.82) is 0 Å². The van der Waals surface area contributed by atoms with Gasteiger partial charge in [0.1, 0.15) is 5.01 Å². The summed E-state index contributed by atoms with van der Waals surface area (Å²) in [5.74, 6) is -0.492. The number of fused-ring (bicyclic) bond motifs is 1. The fourth-order valence-electron chi connectivity index (χ4n) is 3.10. The first-order valence-electron chi connectivity index (χ1n) is 9.66. The predicted octanol–water partition coefficient (Wildman–Crippen LogP) is 5.43. The molecule has 1 aromatic heterocycles. The van der Waals surface area contributed by atoms with Crippen LogP contribution in [0.3, 0.4) is 0 Å². The number of aromatic nitrogens is 1. The van der Waals surface area contributed by atoms with Crippen LogP contribution in [0.1, 0.15) is 15.9 Å². The number of carbonyl (C=O) groups excluding carboxylic acids is 1. The van der Waals surface area contributed by atoms with Gasteiger partial charge in [0.15, 0.2) is 0 Å². The lowest BCUT2D eigenvalue weighted by atomic mass is 10.2. The number of halogens is 1. The number of nitrogens with zero attached hydrogens (tertiary/aromatic N) is 2. The molecule has 0 saturated carbocycles. The van der Waals surface area contributed by atoms with Gasteiger partial charge >= 0.3 is 0 Å². The molecule has 0 aliphatic rings. The van der Waals surface area contributed by atoms with E-state index < -0.39 is 15.9 Å². The van der Waals surface area contributed by atoms with Crippen molar-refractivity contribution in [1.82, 2.24) is 9.29 Å². The second kappa shape index (κ2) is 8.63. The zero-order valence-electron chi connectivity index (χ0n) is 17.6. The summed E-state index contributed by atoms with van der Waals surface area (Å²) in [5, 5.41) is 3.84.